The molecule has 1 aromatic rings. The summed E-state index contributed by atoms with van der Waals surface area (Å²) >= 11 is 0. The highest BCUT2D eigenvalue weighted by Gasteiger charge is 2.02. The molecule has 68 valence electrons. The first-order valence-corrected chi connectivity index (χ1v) is 3.70. The van der Waals surface area contributed by atoms with E-state index < -0.39 is 0 Å². The average molecular weight is 178 g/mol. The first-order chi connectivity index (χ1) is 6.24. The minimum Gasteiger partial charge on any atom is -0.508 e. The van der Waals surface area contributed by atoms with Crippen LogP contribution in [0.3, 0.4) is 0 Å². The van der Waals surface area contributed by atoms with Crippen molar-refractivity contribution >= 4 is 5.91 Å². The molecule has 0 aromatic heterocycles. The first-order valence-electron chi connectivity index (χ1n) is 3.70. The van der Waals surface area contributed by atoms with Crippen LogP contribution in [0.5, 0.6) is 5.75 Å². The number of hydrazine groups is 1. The van der Waals surface area contributed by atoms with Crippen LogP contribution in [0.1, 0.15) is 10.4 Å². The lowest BCUT2D eigenvalue weighted by molar-refractivity contribution is 0.0941. The van der Waals surface area contributed by atoms with Gasteiger partial charge in [0.05, 0.1) is 0 Å². The molecular weight excluding hydrogens is 168 g/mol. The Kier molecular flexibility index (Phi) is 2.92. The Labute approximate surface area is 75.9 Å². The van der Waals surface area contributed by atoms with E-state index in [2.05, 4.69) is 17.4 Å². The molecule has 0 saturated heterocycles. The van der Waals surface area contributed by atoms with Gasteiger partial charge in [-0.15, -0.1) is 0 Å². The van der Waals surface area contributed by atoms with Crippen molar-refractivity contribution in [3.8, 4) is 5.75 Å². The number of phenols is 1. The quantitative estimate of drug-likeness (QED) is 0.599. The summed E-state index contributed by atoms with van der Waals surface area (Å²) in [5.74, 6) is -0.145. The van der Waals surface area contributed by atoms with Crippen LogP contribution in [0.4, 0.5) is 0 Å². The van der Waals surface area contributed by atoms with Crippen LogP contribution >= 0.6 is 0 Å². The zero-order chi connectivity index (χ0) is 9.68. The van der Waals surface area contributed by atoms with E-state index in [4.69, 9.17) is 5.11 Å². The Bertz CT molecular complexity index is 306. The molecule has 0 bridgehead atoms. The van der Waals surface area contributed by atoms with Gasteiger partial charge in [-0.1, -0.05) is 6.58 Å². The molecule has 0 aliphatic heterocycles. The number of hydrogen-bond acceptors (Lipinski definition) is 3. The third-order valence-electron chi connectivity index (χ3n) is 1.42. The van der Waals surface area contributed by atoms with Crippen molar-refractivity contribution in [3.63, 3.8) is 0 Å². The number of hydrogen-bond donors (Lipinski definition) is 3. The molecule has 4 heteroatoms. The van der Waals surface area contributed by atoms with Gasteiger partial charge in [0.25, 0.3) is 5.91 Å². The minimum absolute atomic E-state index is 0.133. The summed E-state index contributed by atoms with van der Waals surface area (Å²) < 4.78 is 0. The molecule has 1 amide bonds. The lowest BCUT2D eigenvalue weighted by Crippen LogP contribution is -2.33. The number of carbonyl (C=O) groups excluding carboxylic acids is 1. The molecule has 13 heavy (non-hydrogen) atoms. The second kappa shape index (κ2) is 4.15. The van der Waals surface area contributed by atoms with Crippen molar-refractivity contribution in [2.24, 2.45) is 0 Å². The summed E-state index contributed by atoms with van der Waals surface area (Å²) in [5, 5.41) is 8.95. The number of phenolic OH excluding ortho intramolecular Hbond substituents is 1. The summed E-state index contributed by atoms with van der Waals surface area (Å²) in [6.07, 6.45) is 1.36. The fraction of sp³-hybridized carbons (Fsp3) is 0. The molecule has 1 rings (SSSR count). The van der Waals surface area contributed by atoms with E-state index in [0.717, 1.165) is 0 Å². The van der Waals surface area contributed by atoms with Crippen LogP contribution in [0.25, 0.3) is 0 Å². The third-order valence-corrected chi connectivity index (χ3v) is 1.42. The Hall–Kier alpha value is -1.97. The van der Waals surface area contributed by atoms with Crippen LogP contribution < -0.4 is 10.9 Å². The third kappa shape index (κ3) is 2.52. The summed E-state index contributed by atoms with van der Waals surface area (Å²) in [6, 6.07) is 5.94. The SMILES string of the molecule is C=CNNC(=O)c1ccc(O)cc1. The summed E-state index contributed by atoms with van der Waals surface area (Å²) in [7, 11) is 0. The number of aromatic hydroxyl groups is 1. The Morgan fingerprint density at radius 3 is 2.54 bits per heavy atom. The standard InChI is InChI=1S/C9H10N2O2/c1-2-10-11-9(13)7-3-5-8(12)6-4-7/h2-6,10,12H,1H2,(H,11,13). The molecule has 0 heterocycles. The zero-order valence-corrected chi connectivity index (χ0v) is 6.95. The Balaban J connectivity index is 2.66. The molecule has 0 atom stereocenters. The molecule has 1 aromatic carbocycles. The number of nitrogens with one attached hydrogen (secondary N) is 2. The van der Waals surface area contributed by atoms with E-state index >= 15 is 0 Å². The maximum absolute atomic E-state index is 11.2. The van der Waals surface area contributed by atoms with Crippen molar-refractivity contribution in [1.82, 2.24) is 10.9 Å². The summed E-state index contributed by atoms with van der Waals surface area (Å²) in [5.41, 5.74) is 5.31. The van der Waals surface area contributed by atoms with Crippen LogP contribution in [-0.4, -0.2) is 11.0 Å². The molecular formula is C9H10N2O2. The number of amides is 1. The highest BCUT2D eigenvalue weighted by Crippen LogP contribution is 2.08. The first kappa shape index (κ1) is 9.12. The predicted octanol–water partition coefficient (Wildman–Crippen LogP) is 0.770. The van der Waals surface area contributed by atoms with Crippen molar-refractivity contribution in [1.29, 1.82) is 0 Å². The lowest BCUT2D eigenvalue weighted by Gasteiger charge is -2.03. The zero-order valence-electron chi connectivity index (χ0n) is 6.95. The molecule has 0 radical (unpaired) electrons. The van der Waals surface area contributed by atoms with Gasteiger partial charge in [-0.05, 0) is 24.3 Å². The van der Waals surface area contributed by atoms with E-state index in [0.29, 0.717) is 5.56 Å². The number of benzene rings is 1. The molecule has 0 fully saturated rings. The molecule has 4 nitrogen and oxygen atoms in total. The second-order valence-corrected chi connectivity index (χ2v) is 2.35. The van der Waals surface area contributed by atoms with Crippen LogP contribution in [0, 0.1) is 0 Å². The van der Waals surface area contributed by atoms with Gasteiger partial charge in [0.1, 0.15) is 5.75 Å². The summed E-state index contributed by atoms with van der Waals surface area (Å²) in [6.45, 7) is 3.37. The topological polar surface area (TPSA) is 61.4 Å². The van der Waals surface area contributed by atoms with Crippen molar-refractivity contribution in [2.75, 3.05) is 0 Å². The van der Waals surface area contributed by atoms with Gasteiger partial charge in [-0.3, -0.25) is 10.2 Å². The maximum Gasteiger partial charge on any atom is 0.269 e. The van der Waals surface area contributed by atoms with Crippen LogP contribution in [0.15, 0.2) is 37.0 Å². The largest absolute Gasteiger partial charge is 0.508 e. The Morgan fingerprint density at radius 1 is 1.38 bits per heavy atom. The van der Waals surface area contributed by atoms with Gasteiger partial charge in [0.15, 0.2) is 0 Å². The van der Waals surface area contributed by atoms with Crippen molar-refractivity contribution in [3.05, 3.63) is 42.6 Å². The smallest absolute Gasteiger partial charge is 0.269 e. The predicted molar refractivity (Wildman–Crippen MR) is 48.9 cm³/mol. The molecule has 3 N–H and O–H groups in total. The van der Waals surface area contributed by atoms with E-state index in [1.54, 1.807) is 0 Å². The molecule has 0 aliphatic carbocycles. The van der Waals surface area contributed by atoms with Crippen LogP contribution in [0.2, 0.25) is 0 Å². The lowest BCUT2D eigenvalue weighted by atomic mass is 10.2. The van der Waals surface area contributed by atoms with E-state index in [9.17, 15) is 4.79 Å². The normalized spacial score (nSPS) is 8.92. The summed E-state index contributed by atoms with van der Waals surface area (Å²) in [4.78, 5) is 11.2. The Morgan fingerprint density at radius 2 is 2.00 bits per heavy atom. The molecule has 0 spiro atoms. The molecule has 0 saturated carbocycles. The van der Waals surface area contributed by atoms with Gasteiger partial charge in [0, 0.05) is 11.8 Å². The van der Waals surface area contributed by atoms with Gasteiger partial charge in [-0.25, -0.2) is 0 Å². The van der Waals surface area contributed by atoms with Crippen LogP contribution in [-0.2, 0) is 0 Å². The second-order valence-electron chi connectivity index (χ2n) is 2.35. The monoisotopic (exact) mass is 178 g/mol. The van der Waals surface area contributed by atoms with E-state index in [1.807, 2.05) is 0 Å². The van der Waals surface area contributed by atoms with Crippen molar-refractivity contribution in [2.45, 2.75) is 0 Å². The van der Waals surface area contributed by atoms with Crippen molar-refractivity contribution < 1.29 is 9.90 Å². The fourth-order valence-electron chi connectivity index (χ4n) is 0.802. The van der Waals surface area contributed by atoms with Gasteiger partial charge >= 0.3 is 0 Å². The molecule has 0 unspecified atom stereocenters. The highest BCUT2D eigenvalue weighted by atomic mass is 16.3. The average Bonchev–Trinajstić information content (AvgIpc) is 2.15. The minimum atomic E-state index is -0.278. The highest BCUT2D eigenvalue weighted by molar-refractivity contribution is 5.93. The van der Waals surface area contributed by atoms with E-state index in [-0.39, 0.29) is 11.7 Å². The van der Waals surface area contributed by atoms with Gasteiger partial charge in [-0.2, -0.15) is 0 Å². The number of rotatable bonds is 3. The fourth-order valence-corrected chi connectivity index (χ4v) is 0.802. The molecule has 0 aliphatic rings. The number of carbonyl (C=O) groups is 1. The van der Waals surface area contributed by atoms with E-state index in [1.165, 1.54) is 30.5 Å². The maximum atomic E-state index is 11.2. The van der Waals surface area contributed by atoms with Gasteiger partial charge in [0.2, 0.25) is 0 Å². The van der Waals surface area contributed by atoms with Gasteiger partial charge < -0.3 is 10.5 Å².